The highest BCUT2D eigenvalue weighted by molar-refractivity contribution is 7.99. The van der Waals surface area contributed by atoms with Gasteiger partial charge in [0, 0.05) is 27.8 Å². The van der Waals surface area contributed by atoms with Gasteiger partial charge in [0.15, 0.2) is 0 Å². The Balaban J connectivity index is 1.41. The van der Waals surface area contributed by atoms with E-state index in [-0.39, 0.29) is 18.1 Å². The first-order valence-corrected chi connectivity index (χ1v) is 13.0. The predicted molar refractivity (Wildman–Crippen MR) is 121 cm³/mol. The van der Waals surface area contributed by atoms with Crippen molar-refractivity contribution in [2.45, 2.75) is 36.9 Å². The second kappa shape index (κ2) is 11.2. The summed E-state index contributed by atoms with van der Waals surface area (Å²) < 4.78 is 75.8. The number of ether oxygens (including phenoxy) is 1. The van der Waals surface area contributed by atoms with Crippen LogP contribution < -0.4 is 10.2 Å². The third kappa shape index (κ3) is 7.68. The molecule has 0 spiro atoms. The first-order valence-electron chi connectivity index (χ1n) is 10.2. The molecule has 0 aliphatic heterocycles. The lowest BCUT2D eigenvalue weighted by molar-refractivity contribution is -0.137. The van der Waals surface area contributed by atoms with Crippen molar-refractivity contribution < 1.29 is 34.9 Å². The number of benzene rings is 1. The monoisotopic (exact) mass is 514 g/mol. The summed E-state index contributed by atoms with van der Waals surface area (Å²) in [7, 11) is -3.65. The Morgan fingerprint density at radius 2 is 1.94 bits per heavy atom. The largest absolute Gasteiger partial charge is 0.487 e. The Kier molecular flexibility index (Phi) is 8.52. The van der Waals surface area contributed by atoms with E-state index in [2.05, 4.69) is 16.3 Å². The molecule has 0 bridgehead atoms. The van der Waals surface area contributed by atoms with Gasteiger partial charge in [0.05, 0.1) is 18.4 Å². The summed E-state index contributed by atoms with van der Waals surface area (Å²) in [6.45, 7) is -0.0756. The van der Waals surface area contributed by atoms with Crippen LogP contribution in [0, 0.1) is 12.1 Å². The van der Waals surface area contributed by atoms with Crippen molar-refractivity contribution in [3.8, 4) is 5.75 Å². The fourth-order valence-electron chi connectivity index (χ4n) is 2.95. The molecule has 34 heavy (non-hydrogen) atoms. The third-order valence-electron chi connectivity index (χ3n) is 4.59. The van der Waals surface area contributed by atoms with Crippen molar-refractivity contribution in [1.29, 1.82) is 0 Å². The van der Waals surface area contributed by atoms with E-state index in [4.69, 9.17) is 9.15 Å². The second-order valence-corrected chi connectivity index (χ2v) is 10.1. The van der Waals surface area contributed by atoms with E-state index >= 15 is 0 Å². The topological polar surface area (TPSA) is 82.8 Å². The molecule has 0 N–H and O–H groups in total. The number of thioether (sulfide) groups is 1. The summed E-state index contributed by atoms with van der Waals surface area (Å²) in [4.78, 5) is 12.9. The minimum absolute atomic E-state index is 0.0262. The van der Waals surface area contributed by atoms with Crippen LogP contribution in [-0.2, 0) is 27.1 Å². The van der Waals surface area contributed by atoms with Crippen LogP contribution in [0.1, 0.15) is 30.6 Å². The van der Waals surface area contributed by atoms with Crippen molar-refractivity contribution in [1.82, 2.24) is 0 Å². The lowest BCUT2D eigenvalue weighted by Gasteiger charge is -2.09. The third-order valence-corrected chi connectivity index (χ3v) is 6.28. The van der Waals surface area contributed by atoms with Gasteiger partial charge in [-0.25, -0.2) is 0 Å². The highest BCUT2D eigenvalue weighted by Gasteiger charge is 2.30. The van der Waals surface area contributed by atoms with Crippen molar-refractivity contribution in [3.63, 3.8) is 0 Å². The number of hydrogen-bond donors (Lipinski definition) is 0. The van der Waals surface area contributed by atoms with Gasteiger partial charge in [-0.1, -0.05) is 18.2 Å². The Bertz CT molecular complexity index is 1290. The maximum Gasteiger partial charge on any atom is 0.416 e. The van der Waals surface area contributed by atoms with E-state index in [1.54, 1.807) is 6.07 Å². The molecule has 0 aliphatic rings. The zero-order chi connectivity index (χ0) is 24.8. The van der Waals surface area contributed by atoms with Crippen LogP contribution in [0.4, 0.5) is 13.2 Å². The molecule has 0 saturated heterocycles. The van der Waals surface area contributed by atoms with Crippen LogP contribution in [0.25, 0.3) is 10.8 Å². The molecule has 0 atom stereocenters. The lowest BCUT2D eigenvalue weighted by atomic mass is 10.1. The van der Waals surface area contributed by atoms with Gasteiger partial charge in [-0.05, 0) is 37.1 Å². The van der Waals surface area contributed by atoms with Crippen molar-refractivity contribution >= 4 is 32.7 Å². The zero-order valence-electron chi connectivity index (χ0n) is 18.1. The van der Waals surface area contributed by atoms with Gasteiger partial charge in [0.1, 0.15) is 18.6 Å². The molecule has 1 heterocycles. The van der Waals surface area contributed by atoms with E-state index in [0.29, 0.717) is 23.8 Å². The molecule has 3 rings (SSSR count). The summed E-state index contributed by atoms with van der Waals surface area (Å²) >= 11 is 1.54. The smallest absolute Gasteiger partial charge is 0.416 e. The molecular weight excluding hydrogens is 493 g/mol. The molecule has 0 fully saturated rings. The number of alkyl halides is 3. The Hall–Kier alpha value is -2.68. The Labute approximate surface area is 199 Å². The minimum Gasteiger partial charge on any atom is -0.487 e. The fraction of sp³-hybridized carbons (Fsp3) is 0.348. The number of fused-ring (bicyclic) bond motifs is 1. The molecule has 3 aromatic rings. The van der Waals surface area contributed by atoms with Crippen LogP contribution in [0.15, 0.2) is 50.7 Å². The lowest BCUT2D eigenvalue weighted by Crippen LogP contribution is -2.10. The molecule has 0 amide bonds. The van der Waals surface area contributed by atoms with Crippen LogP contribution in [0.5, 0.6) is 5.75 Å². The predicted octanol–water partition coefficient (Wildman–Crippen LogP) is 5.23. The molecule has 0 radical (unpaired) electrons. The van der Waals surface area contributed by atoms with Crippen LogP contribution in [0.2, 0.25) is 0 Å². The molecular formula is C23H21F3O6S2. The first kappa shape index (κ1) is 25.9. The van der Waals surface area contributed by atoms with Crippen LogP contribution in [-0.4, -0.2) is 27.0 Å². The molecule has 0 saturated carbocycles. The van der Waals surface area contributed by atoms with Gasteiger partial charge in [0.2, 0.25) is 11.2 Å². The van der Waals surface area contributed by atoms with E-state index < -0.39 is 27.3 Å². The molecule has 0 aliphatic carbocycles. The SMILES string of the molecule is CS(=O)(=O)OCc1cc(=O)c(OCCCCCSc2cc#cc3cc(C(F)(F)F)ccc23)co1. The molecule has 6 nitrogen and oxygen atoms in total. The van der Waals surface area contributed by atoms with Crippen LogP contribution >= 0.6 is 11.8 Å². The van der Waals surface area contributed by atoms with Gasteiger partial charge in [-0.15, -0.1) is 11.8 Å². The van der Waals surface area contributed by atoms with Gasteiger partial charge >= 0.3 is 6.18 Å². The number of rotatable bonds is 11. The summed E-state index contributed by atoms with van der Waals surface area (Å²) in [6.07, 6.45) is -0.0422. The first-order chi connectivity index (χ1) is 16.0. The summed E-state index contributed by atoms with van der Waals surface area (Å²) in [5.74, 6) is 0.849. The summed E-state index contributed by atoms with van der Waals surface area (Å²) in [5.41, 5.74) is -1.15. The average Bonchev–Trinajstić information content (AvgIpc) is 2.76. The van der Waals surface area contributed by atoms with Gasteiger partial charge in [-0.2, -0.15) is 21.6 Å². The highest BCUT2D eigenvalue weighted by Crippen LogP contribution is 2.33. The minimum atomic E-state index is -4.40. The standard InChI is InChI=1S/C23H21F3O6S2/c1-34(28,29)32-14-18-13-20(27)21(15-31-18)30-10-3-2-4-11-33-22-7-5-6-16-12-17(23(24,25)26)8-9-19(16)22/h7-9,12-13,15H,2-4,10-11,14H2,1H3. The maximum atomic E-state index is 12.9. The van der Waals surface area contributed by atoms with Gasteiger partial charge in [-0.3, -0.25) is 8.98 Å². The number of unbranched alkanes of at least 4 members (excludes halogenated alkanes) is 2. The summed E-state index contributed by atoms with van der Waals surface area (Å²) in [5, 5.41) is 1.08. The normalized spacial score (nSPS) is 12.0. The summed E-state index contributed by atoms with van der Waals surface area (Å²) in [6, 6.07) is 12.0. The number of halogens is 3. The molecule has 1 aromatic heterocycles. The van der Waals surface area contributed by atoms with E-state index in [0.717, 1.165) is 54.2 Å². The molecule has 11 heteroatoms. The van der Waals surface area contributed by atoms with Crippen molar-refractivity contribution in [2.75, 3.05) is 18.6 Å². The quantitative estimate of drug-likeness (QED) is 0.197. The number of hydrogen-bond acceptors (Lipinski definition) is 7. The average molecular weight is 515 g/mol. The second-order valence-electron chi connectivity index (χ2n) is 7.33. The fourth-order valence-corrected chi connectivity index (χ4v) is 4.32. The van der Waals surface area contributed by atoms with E-state index in [1.165, 1.54) is 17.8 Å². The Morgan fingerprint density at radius 3 is 2.65 bits per heavy atom. The van der Waals surface area contributed by atoms with E-state index in [1.807, 2.05) is 0 Å². The Morgan fingerprint density at radius 1 is 1.15 bits per heavy atom. The molecule has 2 aromatic carbocycles. The van der Waals surface area contributed by atoms with Crippen molar-refractivity contribution in [3.05, 3.63) is 70.3 Å². The molecule has 182 valence electrons. The highest BCUT2D eigenvalue weighted by atomic mass is 32.2. The van der Waals surface area contributed by atoms with Crippen molar-refractivity contribution in [2.24, 2.45) is 0 Å². The van der Waals surface area contributed by atoms with Gasteiger partial charge in [0.25, 0.3) is 10.1 Å². The van der Waals surface area contributed by atoms with Gasteiger partial charge < -0.3 is 9.15 Å². The van der Waals surface area contributed by atoms with Crippen LogP contribution in [0.3, 0.4) is 0 Å². The van der Waals surface area contributed by atoms with E-state index in [9.17, 15) is 26.4 Å². The molecule has 0 unspecified atom stereocenters. The maximum absolute atomic E-state index is 12.9. The zero-order valence-corrected chi connectivity index (χ0v) is 19.7.